The molecule has 1 unspecified atom stereocenters. The zero-order valence-electron chi connectivity index (χ0n) is 16.0. The number of amides is 2. The van der Waals surface area contributed by atoms with Crippen LogP contribution < -0.4 is 9.80 Å². The summed E-state index contributed by atoms with van der Waals surface area (Å²) in [5.74, 6) is -0.536. The first kappa shape index (κ1) is 18.8. The van der Waals surface area contributed by atoms with Gasteiger partial charge in [0.2, 0.25) is 5.91 Å². The van der Waals surface area contributed by atoms with Gasteiger partial charge in [-0.1, -0.05) is 6.42 Å². The first-order valence-corrected chi connectivity index (χ1v) is 9.94. The fraction of sp³-hybridized carbons (Fsp3) is 0.524. The second-order valence-electron chi connectivity index (χ2n) is 7.90. The van der Waals surface area contributed by atoms with Gasteiger partial charge in [0.05, 0.1) is 49.7 Å². The number of anilines is 1. The van der Waals surface area contributed by atoms with Crippen LogP contribution in [0.5, 0.6) is 0 Å². The highest BCUT2D eigenvalue weighted by Gasteiger charge is 2.52. The molecule has 3 fully saturated rings. The van der Waals surface area contributed by atoms with E-state index in [0.717, 1.165) is 30.6 Å². The fourth-order valence-corrected chi connectivity index (χ4v) is 5.09. The Morgan fingerprint density at radius 2 is 1.82 bits per heavy atom. The highest BCUT2D eigenvalue weighted by Crippen LogP contribution is 2.28. The van der Waals surface area contributed by atoms with Gasteiger partial charge in [-0.3, -0.25) is 14.4 Å². The quantitative estimate of drug-likeness (QED) is 0.606. The van der Waals surface area contributed by atoms with Crippen molar-refractivity contribution < 1.29 is 28.8 Å². The van der Waals surface area contributed by atoms with Gasteiger partial charge in [-0.2, -0.15) is 0 Å². The molecule has 2 amide bonds. The lowest BCUT2D eigenvalue weighted by atomic mass is 9.77. The molecule has 28 heavy (non-hydrogen) atoms. The molecule has 4 rings (SSSR count). The van der Waals surface area contributed by atoms with Crippen molar-refractivity contribution in [3.63, 3.8) is 0 Å². The molecule has 148 valence electrons. The van der Waals surface area contributed by atoms with Crippen molar-refractivity contribution in [2.75, 3.05) is 18.6 Å². The lowest BCUT2D eigenvalue weighted by molar-refractivity contribution is -0.945. The Morgan fingerprint density at radius 1 is 1.11 bits per heavy atom. The summed E-state index contributed by atoms with van der Waals surface area (Å²) in [5, 5.41) is 0. The summed E-state index contributed by atoms with van der Waals surface area (Å²) in [4.78, 5) is 52.1. The number of rotatable bonds is 3. The van der Waals surface area contributed by atoms with Crippen molar-refractivity contribution in [2.45, 2.75) is 50.6 Å². The molecule has 4 atom stereocenters. The Bertz CT molecular complexity index is 819. The first-order chi connectivity index (χ1) is 13.5. The van der Waals surface area contributed by atoms with Crippen LogP contribution >= 0.6 is 0 Å². The van der Waals surface area contributed by atoms with Crippen LogP contribution in [-0.2, 0) is 19.1 Å². The summed E-state index contributed by atoms with van der Waals surface area (Å²) in [6, 6.07) is 6.04. The third kappa shape index (κ3) is 3.13. The average Bonchev–Trinajstić information content (AvgIpc) is 3.02. The lowest BCUT2D eigenvalue weighted by Gasteiger charge is -2.42. The van der Waals surface area contributed by atoms with Crippen molar-refractivity contribution in [2.24, 2.45) is 5.92 Å². The molecule has 0 radical (unpaired) electrons. The van der Waals surface area contributed by atoms with E-state index in [4.69, 9.17) is 0 Å². The fourth-order valence-electron chi connectivity index (χ4n) is 5.09. The lowest BCUT2D eigenvalue weighted by Crippen LogP contribution is -3.22. The van der Waals surface area contributed by atoms with E-state index >= 15 is 0 Å². The van der Waals surface area contributed by atoms with E-state index in [1.165, 1.54) is 12.0 Å². The predicted octanol–water partition coefficient (Wildman–Crippen LogP) is 0.522. The average molecular weight is 385 g/mol. The van der Waals surface area contributed by atoms with Crippen LogP contribution in [0.1, 0.15) is 48.9 Å². The summed E-state index contributed by atoms with van der Waals surface area (Å²) >= 11 is 0. The Kier molecular flexibility index (Phi) is 5.02. The van der Waals surface area contributed by atoms with E-state index in [-0.39, 0.29) is 30.2 Å². The zero-order chi connectivity index (χ0) is 19.8. The van der Waals surface area contributed by atoms with E-state index < -0.39 is 12.0 Å². The smallest absolute Gasteiger partial charge is 0.337 e. The van der Waals surface area contributed by atoms with E-state index in [0.29, 0.717) is 30.0 Å². The van der Waals surface area contributed by atoms with Crippen molar-refractivity contribution in [1.29, 1.82) is 0 Å². The molecule has 1 saturated carbocycles. The number of imide groups is 1. The number of carbonyl (C=O) groups excluding carboxylic acids is 4. The van der Waals surface area contributed by atoms with Gasteiger partial charge < -0.3 is 9.64 Å². The van der Waals surface area contributed by atoms with Crippen molar-refractivity contribution in [3.05, 3.63) is 29.8 Å². The number of ether oxygens (including phenoxy) is 1. The van der Waals surface area contributed by atoms with Gasteiger partial charge in [0, 0.05) is 6.42 Å². The van der Waals surface area contributed by atoms with Gasteiger partial charge in [0.25, 0.3) is 5.91 Å². The molecule has 2 aliphatic heterocycles. The van der Waals surface area contributed by atoms with Gasteiger partial charge in [0.1, 0.15) is 5.78 Å². The Balaban J connectivity index is 1.55. The number of piperidine rings is 1. The standard InChI is InChI=1S/C21H24N2O5/c1-28-21(27)13-6-8-14(9-7-13)23-19(25)12-17(20(23)26)22-11-10-18(24)15-4-2-3-5-16(15)22/h6-9,15-17H,2-5,10-12H2,1H3/p+1/t15-,16-,17+/m1/s1. The van der Waals surface area contributed by atoms with E-state index in [1.54, 1.807) is 24.3 Å². The van der Waals surface area contributed by atoms with E-state index in [9.17, 15) is 19.2 Å². The molecule has 2 saturated heterocycles. The zero-order valence-corrected chi connectivity index (χ0v) is 16.0. The molecule has 0 spiro atoms. The number of nitrogens with one attached hydrogen (secondary N) is 1. The Hall–Kier alpha value is -2.54. The highest BCUT2D eigenvalue weighted by atomic mass is 16.5. The minimum Gasteiger partial charge on any atom is -0.465 e. The maximum Gasteiger partial charge on any atom is 0.337 e. The van der Waals surface area contributed by atoms with Crippen LogP contribution in [0, 0.1) is 5.92 Å². The largest absolute Gasteiger partial charge is 0.465 e. The summed E-state index contributed by atoms with van der Waals surface area (Å²) in [6.45, 7) is 0.624. The number of esters is 1. The van der Waals surface area contributed by atoms with Crippen LogP contribution in [0.25, 0.3) is 0 Å². The molecule has 1 aromatic carbocycles. The number of likely N-dealkylation sites (tertiary alicyclic amines) is 1. The summed E-state index contributed by atoms with van der Waals surface area (Å²) in [6.07, 6.45) is 4.65. The summed E-state index contributed by atoms with van der Waals surface area (Å²) < 4.78 is 4.68. The van der Waals surface area contributed by atoms with Crippen LogP contribution in [0.2, 0.25) is 0 Å². The SMILES string of the molecule is COC(=O)c1ccc(N2C(=O)C[C@H]([NH+]3CCC(=O)[C@@H]4CCCC[C@H]43)C2=O)cc1. The van der Waals surface area contributed by atoms with Gasteiger partial charge in [-0.15, -0.1) is 0 Å². The highest BCUT2D eigenvalue weighted by molar-refractivity contribution is 6.22. The number of benzene rings is 1. The molecule has 3 aliphatic rings. The number of hydrogen-bond acceptors (Lipinski definition) is 5. The van der Waals surface area contributed by atoms with E-state index in [1.807, 2.05) is 0 Å². The minimum absolute atomic E-state index is 0.0359. The number of nitrogens with zero attached hydrogens (tertiary/aromatic N) is 1. The Morgan fingerprint density at radius 3 is 2.54 bits per heavy atom. The maximum atomic E-state index is 13.2. The third-order valence-corrected chi connectivity index (χ3v) is 6.46. The van der Waals surface area contributed by atoms with Gasteiger partial charge in [-0.05, 0) is 37.1 Å². The van der Waals surface area contributed by atoms with Gasteiger partial charge in [0.15, 0.2) is 6.04 Å². The predicted molar refractivity (Wildman–Crippen MR) is 99.9 cm³/mol. The number of fused-ring (bicyclic) bond motifs is 1. The van der Waals surface area contributed by atoms with Crippen molar-refractivity contribution in [1.82, 2.24) is 0 Å². The minimum atomic E-state index is -0.464. The molecule has 1 N–H and O–H groups in total. The van der Waals surface area contributed by atoms with Crippen LogP contribution in [0.15, 0.2) is 24.3 Å². The number of hydrogen-bond donors (Lipinski definition) is 1. The molecule has 7 heteroatoms. The molecular formula is C21H25N2O5+. The molecule has 1 aromatic rings. The van der Waals surface area contributed by atoms with Gasteiger partial charge >= 0.3 is 5.97 Å². The summed E-state index contributed by atoms with van der Waals surface area (Å²) in [7, 11) is 1.30. The maximum absolute atomic E-state index is 13.2. The monoisotopic (exact) mass is 385 g/mol. The molecule has 1 aliphatic carbocycles. The second kappa shape index (κ2) is 7.47. The molecule has 7 nitrogen and oxygen atoms in total. The number of methoxy groups -OCH3 is 1. The molecule has 0 bridgehead atoms. The first-order valence-electron chi connectivity index (χ1n) is 9.94. The number of ketones is 1. The molecule has 2 heterocycles. The van der Waals surface area contributed by atoms with E-state index in [2.05, 4.69) is 4.74 Å². The second-order valence-corrected chi connectivity index (χ2v) is 7.90. The summed E-state index contributed by atoms with van der Waals surface area (Å²) in [5.41, 5.74) is 0.838. The Labute approximate surface area is 163 Å². The molecule has 0 aromatic heterocycles. The topological polar surface area (TPSA) is 85.2 Å². The third-order valence-electron chi connectivity index (χ3n) is 6.46. The molecular weight excluding hydrogens is 360 g/mol. The van der Waals surface area contributed by atoms with Crippen LogP contribution in [0.3, 0.4) is 0 Å². The number of carbonyl (C=O) groups is 4. The normalized spacial score (nSPS) is 30.3. The number of Topliss-reactive ketones (excluding diaryl/α,β-unsaturated/α-hetero) is 1. The van der Waals surface area contributed by atoms with Crippen LogP contribution in [-0.4, -0.2) is 49.3 Å². The number of quaternary nitrogens is 1. The van der Waals surface area contributed by atoms with Gasteiger partial charge in [-0.25, -0.2) is 9.69 Å². The van der Waals surface area contributed by atoms with Crippen LogP contribution in [0.4, 0.5) is 5.69 Å². The van der Waals surface area contributed by atoms with Crippen molar-refractivity contribution >= 4 is 29.3 Å². The van der Waals surface area contributed by atoms with Crippen molar-refractivity contribution in [3.8, 4) is 0 Å².